The molecule has 0 saturated heterocycles. The van der Waals surface area contributed by atoms with Gasteiger partial charge >= 0.3 is 0 Å². The molecule has 0 fully saturated rings. The van der Waals surface area contributed by atoms with Crippen LogP contribution in [0, 0.1) is 0 Å². The molecule has 0 radical (unpaired) electrons. The third kappa shape index (κ3) is 0.915. The SMILES string of the molecule is c1ccc2c(c1)ccc1c3c([nH]c12)CCN3. The molecule has 0 amide bonds. The average molecular weight is 208 g/mol. The van der Waals surface area contributed by atoms with Crippen LogP contribution in [-0.4, -0.2) is 11.5 Å². The highest BCUT2D eigenvalue weighted by Crippen LogP contribution is 2.35. The van der Waals surface area contributed by atoms with Crippen LogP contribution >= 0.6 is 0 Å². The van der Waals surface area contributed by atoms with Gasteiger partial charge in [-0.05, 0) is 5.39 Å². The van der Waals surface area contributed by atoms with Crippen molar-refractivity contribution in [3.05, 3.63) is 42.1 Å². The van der Waals surface area contributed by atoms with Crippen molar-refractivity contribution >= 4 is 27.4 Å². The van der Waals surface area contributed by atoms with Crippen molar-refractivity contribution in [1.82, 2.24) is 4.98 Å². The molecule has 0 aliphatic carbocycles. The first-order valence-electron chi connectivity index (χ1n) is 5.70. The Morgan fingerprint density at radius 3 is 2.88 bits per heavy atom. The number of fused-ring (bicyclic) bond motifs is 5. The Kier molecular flexibility index (Phi) is 1.43. The highest BCUT2D eigenvalue weighted by Gasteiger charge is 2.16. The number of hydrogen-bond donors (Lipinski definition) is 2. The van der Waals surface area contributed by atoms with Crippen molar-refractivity contribution < 1.29 is 0 Å². The lowest BCUT2D eigenvalue weighted by molar-refractivity contribution is 1.06. The van der Waals surface area contributed by atoms with Crippen molar-refractivity contribution in [3.8, 4) is 0 Å². The summed E-state index contributed by atoms with van der Waals surface area (Å²) in [7, 11) is 0. The van der Waals surface area contributed by atoms with E-state index < -0.39 is 0 Å². The number of aromatic amines is 1. The van der Waals surface area contributed by atoms with Gasteiger partial charge in [-0.25, -0.2) is 0 Å². The number of H-pyrrole nitrogens is 1. The van der Waals surface area contributed by atoms with E-state index in [-0.39, 0.29) is 0 Å². The molecular formula is C14H12N2. The summed E-state index contributed by atoms with van der Waals surface area (Å²) in [5.41, 5.74) is 3.93. The van der Waals surface area contributed by atoms with E-state index in [1.54, 1.807) is 0 Å². The second-order valence-corrected chi connectivity index (χ2v) is 4.36. The Labute approximate surface area is 93.3 Å². The molecule has 4 rings (SSSR count). The van der Waals surface area contributed by atoms with E-state index >= 15 is 0 Å². The van der Waals surface area contributed by atoms with Gasteiger partial charge in [-0.1, -0.05) is 36.4 Å². The van der Waals surface area contributed by atoms with E-state index in [0.717, 1.165) is 13.0 Å². The molecule has 1 aromatic heterocycles. The van der Waals surface area contributed by atoms with Gasteiger partial charge in [-0.15, -0.1) is 0 Å². The second-order valence-electron chi connectivity index (χ2n) is 4.36. The zero-order valence-electron chi connectivity index (χ0n) is 8.88. The Hall–Kier alpha value is -1.96. The number of aromatic nitrogens is 1. The fourth-order valence-corrected chi connectivity index (χ4v) is 2.69. The molecule has 0 atom stereocenters. The largest absolute Gasteiger partial charge is 0.383 e. The van der Waals surface area contributed by atoms with Gasteiger partial charge in [0.05, 0.1) is 11.2 Å². The quantitative estimate of drug-likeness (QED) is 0.583. The van der Waals surface area contributed by atoms with Crippen LogP contribution < -0.4 is 5.32 Å². The monoisotopic (exact) mass is 208 g/mol. The predicted molar refractivity (Wildman–Crippen MR) is 68.0 cm³/mol. The topological polar surface area (TPSA) is 27.8 Å². The number of hydrogen-bond acceptors (Lipinski definition) is 1. The Morgan fingerprint density at radius 2 is 1.88 bits per heavy atom. The summed E-state index contributed by atoms with van der Waals surface area (Å²) in [5, 5.41) is 7.40. The maximum Gasteiger partial charge on any atom is 0.0632 e. The van der Waals surface area contributed by atoms with Crippen molar-refractivity contribution in [1.29, 1.82) is 0 Å². The summed E-state index contributed by atoms with van der Waals surface area (Å²) in [6.45, 7) is 1.06. The number of anilines is 1. The van der Waals surface area contributed by atoms with Gasteiger partial charge in [0.15, 0.2) is 0 Å². The van der Waals surface area contributed by atoms with E-state index in [0.29, 0.717) is 0 Å². The molecule has 2 nitrogen and oxygen atoms in total. The Balaban J connectivity index is 2.23. The minimum atomic E-state index is 1.06. The Morgan fingerprint density at radius 1 is 0.938 bits per heavy atom. The molecule has 16 heavy (non-hydrogen) atoms. The van der Waals surface area contributed by atoms with E-state index in [1.807, 2.05) is 0 Å². The first kappa shape index (κ1) is 8.22. The Bertz CT molecular complexity index is 694. The molecule has 1 aliphatic heterocycles. The van der Waals surface area contributed by atoms with Gasteiger partial charge in [-0.3, -0.25) is 0 Å². The van der Waals surface area contributed by atoms with Crippen LogP contribution in [0.4, 0.5) is 5.69 Å². The van der Waals surface area contributed by atoms with Crippen LogP contribution in [0.5, 0.6) is 0 Å². The molecule has 0 spiro atoms. The average Bonchev–Trinajstić information content (AvgIpc) is 2.88. The summed E-state index contributed by atoms with van der Waals surface area (Å²) in [5.74, 6) is 0. The lowest BCUT2D eigenvalue weighted by Gasteiger charge is -2.01. The molecule has 78 valence electrons. The van der Waals surface area contributed by atoms with Crippen LogP contribution in [0.25, 0.3) is 21.7 Å². The third-order valence-electron chi connectivity index (χ3n) is 3.45. The van der Waals surface area contributed by atoms with Gasteiger partial charge < -0.3 is 10.3 Å². The molecule has 2 N–H and O–H groups in total. The van der Waals surface area contributed by atoms with Gasteiger partial charge in [-0.2, -0.15) is 0 Å². The molecule has 2 heterocycles. The van der Waals surface area contributed by atoms with Gasteiger partial charge in [0.25, 0.3) is 0 Å². The van der Waals surface area contributed by atoms with Crippen molar-refractivity contribution in [3.63, 3.8) is 0 Å². The minimum Gasteiger partial charge on any atom is -0.383 e. The van der Waals surface area contributed by atoms with Crippen LogP contribution in [0.1, 0.15) is 5.69 Å². The fraction of sp³-hybridized carbons (Fsp3) is 0.143. The van der Waals surface area contributed by atoms with Crippen molar-refractivity contribution in [2.45, 2.75) is 6.42 Å². The molecule has 2 heteroatoms. The van der Waals surface area contributed by atoms with Crippen LogP contribution in [0.15, 0.2) is 36.4 Å². The maximum absolute atomic E-state index is 3.56. The molecule has 3 aromatic rings. The zero-order chi connectivity index (χ0) is 10.5. The zero-order valence-corrected chi connectivity index (χ0v) is 8.88. The molecular weight excluding hydrogens is 196 g/mol. The van der Waals surface area contributed by atoms with Crippen LogP contribution in [0.3, 0.4) is 0 Å². The number of rotatable bonds is 0. The molecule has 0 bridgehead atoms. The third-order valence-corrected chi connectivity index (χ3v) is 3.45. The van der Waals surface area contributed by atoms with Gasteiger partial charge in [0.1, 0.15) is 0 Å². The number of benzene rings is 2. The van der Waals surface area contributed by atoms with E-state index in [1.165, 1.54) is 33.1 Å². The fourth-order valence-electron chi connectivity index (χ4n) is 2.69. The van der Waals surface area contributed by atoms with E-state index in [9.17, 15) is 0 Å². The van der Waals surface area contributed by atoms with Gasteiger partial charge in [0, 0.05) is 29.4 Å². The summed E-state index contributed by atoms with van der Waals surface area (Å²) in [6.07, 6.45) is 1.11. The smallest absolute Gasteiger partial charge is 0.0632 e. The standard InChI is InChI=1S/C14H12N2/c1-2-4-10-9(3-1)5-6-11-13(10)16-12-7-8-15-14(11)12/h1-6,15-16H,7-8H2. The van der Waals surface area contributed by atoms with Gasteiger partial charge in [0.2, 0.25) is 0 Å². The summed E-state index contributed by atoms with van der Waals surface area (Å²) < 4.78 is 0. The molecule has 2 aromatic carbocycles. The van der Waals surface area contributed by atoms with Crippen LogP contribution in [-0.2, 0) is 6.42 Å². The van der Waals surface area contributed by atoms with E-state index in [2.05, 4.69) is 46.7 Å². The lowest BCUT2D eigenvalue weighted by Crippen LogP contribution is -1.92. The lowest BCUT2D eigenvalue weighted by atomic mass is 10.1. The number of nitrogens with one attached hydrogen (secondary N) is 2. The summed E-state index contributed by atoms with van der Waals surface area (Å²) in [4.78, 5) is 3.56. The highest BCUT2D eigenvalue weighted by atomic mass is 15.0. The molecule has 1 aliphatic rings. The highest BCUT2D eigenvalue weighted by molar-refractivity contribution is 6.11. The molecule has 0 unspecified atom stereocenters. The molecule has 0 saturated carbocycles. The summed E-state index contributed by atoms with van der Waals surface area (Å²) >= 11 is 0. The van der Waals surface area contributed by atoms with Crippen molar-refractivity contribution in [2.75, 3.05) is 11.9 Å². The van der Waals surface area contributed by atoms with Crippen molar-refractivity contribution in [2.24, 2.45) is 0 Å². The summed E-state index contributed by atoms with van der Waals surface area (Å²) in [6, 6.07) is 12.9. The maximum atomic E-state index is 3.56. The second kappa shape index (κ2) is 2.79. The first-order valence-corrected chi connectivity index (χ1v) is 5.70. The van der Waals surface area contributed by atoms with E-state index in [4.69, 9.17) is 0 Å². The first-order chi connectivity index (χ1) is 7.93. The van der Waals surface area contributed by atoms with Crippen LogP contribution in [0.2, 0.25) is 0 Å². The normalized spacial score (nSPS) is 14.2. The predicted octanol–water partition coefficient (Wildman–Crippen LogP) is 3.29. The minimum absolute atomic E-state index is 1.06.